The molecule has 1 N–H and O–H groups in total. The van der Waals surface area contributed by atoms with E-state index in [1.54, 1.807) is 0 Å². The van der Waals surface area contributed by atoms with E-state index in [0.717, 1.165) is 22.4 Å². The highest BCUT2D eigenvalue weighted by molar-refractivity contribution is 6.31. The number of halogens is 1. The van der Waals surface area contributed by atoms with Gasteiger partial charge in [-0.05, 0) is 32.0 Å². The first-order valence-corrected chi connectivity index (χ1v) is 7.70. The molecule has 0 fully saturated rings. The molecule has 0 aliphatic rings. The average Bonchev–Trinajstić information content (AvgIpc) is 3.03. The number of nitrogens with one attached hydrogen (secondary N) is 1. The first kappa shape index (κ1) is 15.1. The zero-order valence-electron chi connectivity index (χ0n) is 13.2. The smallest absolute Gasteiger partial charge is 0.126 e. The Morgan fingerprint density at radius 3 is 2.64 bits per heavy atom. The summed E-state index contributed by atoms with van der Waals surface area (Å²) in [4.78, 5) is 4.72. The summed E-state index contributed by atoms with van der Waals surface area (Å²) in [5.74, 6) is 0.994. The molecule has 1 aromatic carbocycles. The van der Waals surface area contributed by atoms with E-state index < -0.39 is 0 Å². The molecule has 2 aromatic heterocycles. The molecule has 3 aromatic rings. The van der Waals surface area contributed by atoms with Crippen LogP contribution in [0.1, 0.15) is 37.3 Å². The second-order valence-corrected chi connectivity index (χ2v) is 6.16. The van der Waals surface area contributed by atoms with Crippen LogP contribution < -0.4 is 5.32 Å². The van der Waals surface area contributed by atoms with Crippen LogP contribution >= 0.6 is 11.6 Å². The minimum Gasteiger partial charge on any atom is -0.330 e. The summed E-state index contributed by atoms with van der Waals surface area (Å²) in [6, 6.07) is 6.12. The Bertz CT molecular complexity index is 804. The van der Waals surface area contributed by atoms with Crippen molar-refractivity contribution in [3.8, 4) is 0 Å². The van der Waals surface area contributed by atoms with E-state index in [1.807, 2.05) is 49.4 Å². The first-order valence-electron chi connectivity index (χ1n) is 7.32. The summed E-state index contributed by atoms with van der Waals surface area (Å²) in [6.45, 7) is 4.25. The lowest BCUT2D eigenvalue weighted by Gasteiger charge is -2.19. The van der Waals surface area contributed by atoms with Gasteiger partial charge < -0.3 is 9.88 Å². The molecule has 0 bridgehead atoms. The van der Waals surface area contributed by atoms with Crippen LogP contribution in [-0.2, 0) is 14.1 Å². The van der Waals surface area contributed by atoms with Crippen molar-refractivity contribution in [1.29, 1.82) is 0 Å². The fraction of sp³-hybridized carbons (Fsp3) is 0.375. The number of aromatic nitrogens is 4. The van der Waals surface area contributed by atoms with E-state index in [1.165, 1.54) is 0 Å². The molecule has 3 rings (SSSR count). The molecule has 0 spiro atoms. The summed E-state index contributed by atoms with van der Waals surface area (Å²) >= 11 is 6.05. The van der Waals surface area contributed by atoms with Crippen molar-refractivity contribution >= 4 is 22.6 Å². The highest BCUT2D eigenvalue weighted by atomic mass is 35.5. The van der Waals surface area contributed by atoms with Crippen molar-refractivity contribution in [2.24, 2.45) is 14.1 Å². The van der Waals surface area contributed by atoms with Gasteiger partial charge in [-0.2, -0.15) is 5.10 Å². The van der Waals surface area contributed by atoms with Crippen molar-refractivity contribution in [2.75, 3.05) is 0 Å². The molecular weight excluding hydrogens is 298 g/mol. The fourth-order valence-corrected chi connectivity index (χ4v) is 2.95. The number of hydrogen-bond donors (Lipinski definition) is 1. The molecular formula is C16H20ClN5. The Balaban J connectivity index is 1.85. The molecule has 0 amide bonds. The second-order valence-electron chi connectivity index (χ2n) is 5.72. The highest BCUT2D eigenvalue weighted by Crippen LogP contribution is 2.24. The third-order valence-corrected chi connectivity index (χ3v) is 4.22. The zero-order chi connectivity index (χ0) is 15.9. The summed E-state index contributed by atoms with van der Waals surface area (Å²) < 4.78 is 3.93. The van der Waals surface area contributed by atoms with Crippen molar-refractivity contribution in [3.05, 3.63) is 47.0 Å². The summed E-state index contributed by atoms with van der Waals surface area (Å²) in [5, 5.41) is 8.50. The van der Waals surface area contributed by atoms with E-state index in [-0.39, 0.29) is 12.1 Å². The molecule has 116 valence electrons. The van der Waals surface area contributed by atoms with Crippen LogP contribution in [0.5, 0.6) is 0 Å². The fourth-order valence-electron chi connectivity index (χ4n) is 2.79. The van der Waals surface area contributed by atoms with Gasteiger partial charge in [0.05, 0.1) is 23.3 Å². The number of fused-ring (bicyclic) bond motifs is 1. The molecule has 2 unspecified atom stereocenters. The largest absolute Gasteiger partial charge is 0.330 e. The van der Waals surface area contributed by atoms with Crippen molar-refractivity contribution in [1.82, 2.24) is 24.6 Å². The quantitative estimate of drug-likeness (QED) is 0.802. The second kappa shape index (κ2) is 5.74. The lowest BCUT2D eigenvalue weighted by Crippen LogP contribution is -2.24. The van der Waals surface area contributed by atoms with E-state index in [9.17, 15) is 0 Å². The first-order chi connectivity index (χ1) is 10.5. The molecule has 2 atom stereocenters. The van der Waals surface area contributed by atoms with E-state index in [4.69, 9.17) is 16.6 Å². The number of benzene rings is 1. The van der Waals surface area contributed by atoms with Gasteiger partial charge in [-0.25, -0.2) is 4.98 Å². The normalized spacial score (nSPS) is 14.4. The highest BCUT2D eigenvalue weighted by Gasteiger charge is 2.17. The Kier molecular flexibility index (Phi) is 3.93. The third kappa shape index (κ3) is 2.74. The SMILES string of the molecule is CC(NC(C)c1nc2cc(Cl)ccc2n1C)c1cnn(C)c1. The van der Waals surface area contributed by atoms with Crippen LogP contribution in [0.2, 0.25) is 5.02 Å². The van der Waals surface area contributed by atoms with Crippen molar-refractivity contribution in [3.63, 3.8) is 0 Å². The number of rotatable bonds is 4. The lowest BCUT2D eigenvalue weighted by atomic mass is 10.1. The number of nitrogens with zero attached hydrogens (tertiary/aromatic N) is 4. The lowest BCUT2D eigenvalue weighted by molar-refractivity contribution is 0.468. The van der Waals surface area contributed by atoms with Crippen LogP contribution in [0.3, 0.4) is 0 Å². The van der Waals surface area contributed by atoms with Gasteiger partial charge in [-0.3, -0.25) is 4.68 Å². The molecule has 0 radical (unpaired) electrons. The van der Waals surface area contributed by atoms with Gasteiger partial charge in [0.1, 0.15) is 5.82 Å². The molecule has 6 heteroatoms. The number of aryl methyl sites for hydroxylation is 2. The zero-order valence-corrected chi connectivity index (χ0v) is 14.0. The van der Waals surface area contributed by atoms with Gasteiger partial charge in [0.2, 0.25) is 0 Å². The van der Waals surface area contributed by atoms with Gasteiger partial charge in [0, 0.05) is 36.9 Å². The maximum atomic E-state index is 6.05. The molecule has 2 heterocycles. The van der Waals surface area contributed by atoms with E-state index in [2.05, 4.69) is 28.8 Å². The van der Waals surface area contributed by atoms with Crippen molar-refractivity contribution in [2.45, 2.75) is 25.9 Å². The van der Waals surface area contributed by atoms with Crippen LogP contribution in [0.25, 0.3) is 11.0 Å². The van der Waals surface area contributed by atoms with Gasteiger partial charge in [-0.15, -0.1) is 0 Å². The average molecular weight is 318 g/mol. The maximum Gasteiger partial charge on any atom is 0.126 e. The standard InChI is InChI=1S/C16H20ClN5/c1-10(12-8-18-21(3)9-12)19-11(2)16-20-14-7-13(17)5-6-15(14)22(16)4/h5-11,19H,1-4H3. The Morgan fingerprint density at radius 2 is 1.95 bits per heavy atom. The van der Waals surface area contributed by atoms with Crippen molar-refractivity contribution < 1.29 is 0 Å². The summed E-state index contributed by atoms with van der Waals surface area (Å²) in [7, 11) is 3.96. The Labute approximate surface area is 134 Å². The van der Waals surface area contributed by atoms with Crippen LogP contribution in [0.4, 0.5) is 0 Å². The van der Waals surface area contributed by atoms with Crippen LogP contribution in [0, 0.1) is 0 Å². The van der Waals surface area contributed by atoms with E-state index in [0.29, 0.717) is 5.02 Å². The molecule has 0 saturated heterocycles. The number of imidazole rings is 1. The van der Waals surface area contributed by atoms with Crippen LogP contribution in [-0.4, -0.2) is 19.3 Å². The van der Waals surface area contributed by atoms with Crippen LogP contribution in [0.15, 0.2) is 30.6 Å². The monoisotopic (exact) mass is 317 g/mol. The Morgan fingerprint density at radius 1 is 1.18 bits per heavy atom. The van der Waals surface area contributed by atoms with Gasteiger partial charge in [0.25, 0.3) is 0 Å². The molecule has 0 aliphatic heterocycles. The molecule has 5 nitrogen and oxygen atoms in total. The molecule has 0 aliphatic carbocycles. The van der Waals surface area contributed by atoms with Gasteiger partial charge in [-0.1, -0.05) is 11.6 Å². The third-order valence-electron chi connectivity index (χ3n) is 3.99. The van der Waals surface area contributed by atoms with E-state index >= 15 is 0 Å². The topological polar surface area (TPSA) is 47.7 Å². The van der Waals surface area contributed by atoms with Gasteiger partial charge >= 0.3 is 0 Å². The number of hydrogen-bond acceptors (Lipinski definition) is 3. The maximum absolute atomic E-state index is 6.05. The summed E-state index contributed by atoms with van der Waals surface area (Å²) in [6.07, 6.45) is 3.91. The predicted molar refractivity (Wildman–Crippen MR) is 88.9 cm³/mol. The molecule has 0 saturated carbocycles. The molecule has 22 heavy (non-hydrogen) atoms. The Hall–Kier alpha value is -1.85. The summed E-state index contributed by atoms with van der Waals surface area (Å²) in [5.41, 5.74) is 3.17. The van der Waals surface area contributed by atoms with Gasteiger partial charge in [0.15, 0.2) is 0 Å². The minimum absolute atomic E-state index is 0.117. The predicted octanol–water partition coefficient (Wildman–Crippen LogP) is 3.37. The minimum atomic E-state index is 0.117.